The van der Waals surface area contributed by atoms with Gasteiger partial charge < -0.3 is 15.4 Å². The average Bonchev–Trinajstić information content (AvgIpc) is 2.54. The van der Waals surface area contributed by atoms with Gasteiger partial charge >= 0.3 is 6.03 Å². The Morgan fingerprint density at radius 1 is 1.17 bits per heavy atom. The zero-order chi connectivity index (χ0) is 16.5. The zero-order valence-electron chi connectivity index (χ0n) is 13.5. The minimum atomic E-state index is -0.211. The Hall–Kier alpha value is -2.63. The lowest BCUT2D eigenvalue weighted by molar-refractivity contribution is 0.238. The van der Waals surface area contributed by atoms with Crippen LogP contribution in [0.5, 0.6) is 5.75 Å². The quantitative estimate of drug-likeness (QED) is 0.769. The van der Waals surface area contributed by atoms with Crippen molar-refractivity contribution in [3.63, 3.8) is 0 Å². The number of aryl methyl sites for hydroxylation is 2. The molecule has 2 aromatic rings. The van der Waals surface area contributed by atoms with Crippen LogP contribution < -0.4 is 15.4 Å². The van der Waals surface area contributed by atoms with Crippen LogP contribution in [-0.2, 0) is 6.54 Å². The molecule has 0 atom stereocenters. The number of urea groups is 1. The number of nitrogens with zero attached hydrogens (tertiary/aromatic N) is 2. The van der Waals surface area contributed by atoms with E-state index >= 15 is 0 Å². The Morgan fingerprint density at radius 3 is 2.78 bits per heavy atom. The first kappa shape index (κ1) is 16.7. The van der Waals surface area contributed by atoms with E-state index in [1.807, 2.05) is 38.1 Å². The largest absolute Gasteiger partial charge is 0.493 e. The summed E-state index contributed by atoms with van der Waals surface area (Å²) in [5, 5.41) is 5.56. The molecule has 0 saturated carbocycles. The van der Waals surface area contributed by atoms with Gasteiger partial charge in [0.15, 0.2) is 0 Å². The minimum absolute atomic E-state index is 0.211. The van der Waals surface area contributed by atoms with Crippen LogP contribution in [0.3, 0.4) is 0 Å². The summed E-state index contributed by atoms with van der Waals surface area (Å²) >= 11 is 0. The lowest BCUT2D eigenvalue weighted by Crippen LogP contribution is -2.36. The first-order valence-corrected chi connectivity index (χ1v) is 7.64. The fourth-order valence-electron chi connectivity index (χ4n) is 2.01. The third-order valence-electron chi connectivity index (χ3n) is 3.22. The fraction of sp³-hybridized carbons (Fsp3) is 0.353. The van der Waals surface area contributed by atoms with Gasteiger partial charge in [0.2, 0.25) is 0 Å². The molecule has 0 saturated heterocycles. The molecule has 122 valence electrons. The Labute approximate surface area is 136 Å². The van der Waals surface area contributed by atoms with Crippen molar-refractivity contribution >= 4 is 6.03 Å². The predicted octanol–water partition coefficient (Wildman–Crippen LogP) is 2.36. The molecule has 1 aromatic heterocycles. The van der Waals surface area contributed by atoms with Crippen molar-refractivity contribution in [2.45, 2.75) is 26.8 Å². The van der Waals surface area contributed by atoms with Gasteiger partial charge in [0.25, 0.3) is 0 Å². The topological polar surface area (TPSA) is 76.1 Å². The molecular formula is C17H22N4O2. The van der Waals surface area contributed by atoms with Gasteiger partial charge in [-0.2, -0.15) is 0 Å². The molecule has 0 fully saturated rings. The second kappa shape index (κ2) is 8.73. The van der Waals surface area contributed by atoms with Crippen LogP contribution in [-0.4, -0.2) is 29.2 Å². The molecule has 0 aliphatic heterocycles. The van der Waals surface area contributed by atoms with Crippen LogP contribution in [0, 0.1) is 13.8 Å². The van der Waals surface area contributed by atoms with Gasteiger partial charge in [-0.3, -0.25) is 0 Å². The molecule has 0 unspecified atom stereocenters. The summed E-state index contributed by atoms with van der Waals surface area (Å²) in [5.74, 6) is 1.58. The maximum absolute atomic E-state index is 11.7. The molecule has 0 spiro atoms. The Bertz CT molecular complexity index is 646. The molecule has 0 bridgehead atoms. The molecule has 0 aliphatic rings. The summed E-state index contributed by atoms with van der Waals surface area (Å²) in [6.45, 7) is 5.33. The van der Waals surface area contributed by atoms with Gasteiger partial charge in [-0.05, 0) is 38.0 Å². The summed E-state index contributed by atoms with van der Waals surface area (Å²) < 4.78 is 5.67. The van der Waals surface area contributed by atoms with Crippen molar-refractivity contribution in [3.8, 4) is 5.75 Å². The maximum atomic E-state index is 11.7. The Morgan fingerprint density at radius 2 is 2.00 bits per heavy atom. The van der Waals surface area contributed by atoms with Gasteiger partial charge in [-0.25, -0.2) is 14.8 Å². The molecule has 2 rings (SSSR count). The van der Waals surface area contributed by atoms with E-state index in [2.05, 4.69) is 20.6 Å². The van der Waals surface area contributed by atoms with E-state index in [9.17, 15) is 4.79 Å². The number of para-hydroxylation sites is 1. The first-order valence-electron chi connectivity index (χ1n) is 7.64. The van der Waals surface area contributed by atoms with Crippen molar-refractivity contribution in [1.29, 1.82) is 0 Å². The van der Waals surface area contributed by atoms with Crippen LogP contribution in [0.4, 0.5) is 4.79 Å². The predicted molar refractivity (Wildman–Crippen MR) is 88.3 cm³/mol. The summed E-state index contributed by atoms with van der Waals surface area (Å²) in [7, 11) is 0. The number of ether oxygens (including phenoxy) is 1. The third-order valence-corrected chi connectivity index (χ3v) is 3.22. The van der Waals surface area contributed by atoms with Crippen molar-refractivity contribution in [2.75, 3.05) is 13.2 Å². The number of nitrogens with one attached hydrogen (secondary N) is 2. The summed E-state index contributed by atoms with van der Waals surface area (Å²) in [6, 6.07) is 9.45. The van der Waals surface area contributed by atoms with E-state index in [1.54, 1.807) is 12.3 Å². The standard InChI is InChI=1S/C17H22N4O2/c1-13-6-3-4-7-16(13)23-11-5-9-19-17(22)20-12-15-8-10-18-14(2)21-15/h3-4,6-8,10H,5,9,11-12H2,1-2H3,(H2,19,20,22). The number of amides is 2. The van der Waals surface area contributed by atoms with E-state index in [0.29, 0.717) is 25.5 Å². The molecule has 2 amide bonds. The van der Waals surface area contributed by atoms with Crippen LogP contribution in [0.15, 0.2) is 36.5 Å². The smallest absolute Gasteiger partial charge is 0.315 e. The second-order valence-electron chi connectivity index (χ2n) is 5.17. The molecule has 1 heterocycles. The zero-order valence-corrected chi connectivity index (χ0v) is 13.5. The SMILES string of the molecule is Cc1nccc(CNC(=O)NCCCOc2ccccc2C)n1. The van der Waals surface area contributed by atoms with Gasteiger partial charge in [0.1, 0.15) is 11.6 Å². The van der Waals surface area contributed by atoms with Crippen molar-refractivity contribution in [3.05, 3.63) is 53.6 Å². The Balaban J connectivity index is 1.59. The number of rotatable bonds is 7. The second-order valence-corrected chi connectivity index (χ2v) is 5.17. The van der Waals surface area contributed by atoms with Gasteiger partial charge in [0, 0.05) is 12.7 Å². The lowest BCUT2D eigenvalue weighted by atomic mass is 10.2. The van der Waals surface area contributed by atoms with Crippen LogP contribution in [0.25, 0.3) is 0 Å². The summed E-state index contributed by atoms with van der Waals surface area (Å²) in [5.41, 5.74) is 1.90. The number of aromatic nitrogens is 2. The Kier molecular flexibility index (Phi) is 6.35. The molecule has 2 N–H and O–H groups in total. The molecular weight excluding hydrogens is 292 g/mol. The molecule has 6 heteroatoms. The van der Waals surface area contributed by atoms with Crippen molar-refractivity contribution < 1.29 is 9.53 Å². The number of hydrogen-bond acceptors (Lipinski definition) is 4. The number of benzene rings is 1. The number of carbonyl (C=O) groups excluding carboxylic acids is 1. The van der Waals surface area contributed by atoms with E-state index in [-0.39, 0.29) is 6.03 Å². The maximum Gasteiger partial charge on any atom is 0.315 e. The molecule has 0 aliphatic carbocycles. The molecule has 6 nitrogen and oxygen atoms in total. The highest BCUT2D eigenvalue weighted by Gasteiger charge is 2.02. The van der Waals surface area contributed by atoms with Gasteiger partial charge in [-0.15, -0.1) is 0 Å². The van der Waals surface area contributed by atoms with E-state index < -0.39 is 0 Å². The highest BCUT2D eigenvalue weighted by molar-refractivity contribution is 5.73. The third kappa shape index (κ3) is 5.94. The van der Waals surface area contributed by atoms with Crippen molar-refractivity contribution in [2.24, 2.45) is 0 Å². The molecule has 23 heavy (non-hydrogen) atoms. The van der Waals surface area contributed by atoms with Gasteiger partial charge in [-0.1, -0.05) is 18.2 Å². The summed E-state index contributed by atoms with van der Waals surface area (Å²) in [4.78, 5) is 19.9. The van der Waals surface area contributed by atoms with E-state index in [0.717, 1.165) is 23.4 Å². The average molecular weight is 314 g/mol. The van der Waals surface area contributed by atoms with E-state index in [1.165, 1.54) is 0 Å². The van der Waals surface area contributed by atoms with Gasteiger partial charge in [0.05, 0.1) is 18.8 Å². The monoisotopic (exact) mass is 314 g/mol. The minimum Gasteiger partial charge on any atom is -0.493 e. The number of hydrogen-bond donors (Lipinski definition) is 2. The number of carbonyl (C=O) groups is 1. The van der Waals surface area contributed by atoms with Crippen LogP contribution >= 0.6 is 0 Å². The highest BCUT2D eigenvalue weighted by atomic mass is 16.5. The van der Waals surface area contributed by atoms with Crippen molar-refractivity contribution in [1.82, 2.24) is 20.6 Å². The van der Waals surface area contributed by atoms with Crippen LogP contribution in [0.2, 0.25) is 0 Å². The lowest BCUT2D eigenvalue weighted by Gasteiger charge is -2.10. The normalized spacial score (nSPS) is 10.2. The highest BCUT2D eigenvalue weighted by Crippen LogP contribution is 2.15. The fourth-order valence-corrected chi connectivity index (χ4v) is 2.01. The van der Waals surface area contributed by atoms with E-state index in [4.69, 9.17) is 4.74 Å². The molecule has 0 radical (unpaired) electrons. The summed E-state index contributed by atoms with van der Waals surface area (Å²) in [6.07, 6.45) is 2.43. The molecule has 1 aromatic carbocycles. The first-order chi connectivity index (χ1) is 11.1. The van der Waals surface area contributed by atoms with Crippen LogP contribution in [0.1, 0.15) is 23.5 Å².